The number of carbonyl (C=O) groups is 2. The van der Waals surface area contributed by atoms with Crippen molar-refractivity contribution in [3.63, 3.8) is 0 Å². The number of amides is 3. The molecule has 2 rings (SSSR count). The number of carbonyl (C=O) groups excluding carboxylic acids is 2. The summed E-state index contributed by atoms with van der Waals surface area (Å²) < 4.78 is 0. The van der Waals surface area contributed by atoms with Crippen molar-refractivity contribution in [3.05, 3.63) is 69.7 Å². The normalized spacial score (nSPS) is 12.0. The fourth-order valence-electron chi connectivity index (χ4n) is 2.46. The van der Waals surface area contributed by atoms with Gasteiger partial charge in [0, 0.05) is 6.54 Å². The number of nitrogens with two attached hydrogens (primary N) is 1. The molecule has 0 aliphatic carbocycles. The summed E-state index contributed by atoms with van der Waals surface area (Å²) >= 11 is 12.3. The second-order valence-corrected chi connectivity index (χ2v) is 6.08. The number of primary amides is 1. The Kier molecular flexibility index (Phi) is 6.20. The van der Waals surface area contributed by atoms with Crippen LogP contribution in [0.4, 0.5) is 4.79 Å². The highest BCUT2D eigenvalue weighted by atomic mass is 35.5. The van der Waals surface area contributed by atoms with E-state index in [-0.39, 0.29) is 0 Å². The van der Waals surface area contributed by atoms with Crippen LogP contribution in [0.3, 0.4) is 0 Å². The number of benzene rings is 2. The van der Waals surface area contributed by atoms with Crippen LogP contribution in [0.5, 0.6) is 0 Å². The maximum absolute atomic E-state index is 12.4. The van der Waals surface area contributed by atoms with Gasteiger partial charge in [0.15, 0.2) is 0 Å². The SMILES string of the molecule is CN(Cc1cccc(Cl)c1Cl)[C@H](C(=O)NC(N)=O)c1ccccc1. The highest BCUT2D eigenvalue weighted by molar-refractivity contribution is 6.42. The van der Waals surface area contributed by atoms with Gasteiger partial charge in [-0.2, -0.15) is 0 Å². The Bertz CT molecular complexity index is 738. The van der Waals surface area contributed by atoms with Crippen molar-refractivity contribution < 1.29 is 9.59 Å². The van der Waals surface area contributed by atoms with Gasteiger partial charge in [-0.1, -0.05) is 65.7 Å². The lowest BCUT2D eigenvalue weighted by Crippen LogP contribution is -2.43. The zero-order chi connectivity index (χ0) is 17.7. The van der Waals surface area contributed by atoms with Crippen LogP contribution in [-0.4, -0.2) is 23.9 Å². The fraction of sp³-hybridized carbons (Fsp3) is 0.176. The summed E-state index contributed by atoms with van der Waals surface area (Å²) in [5.41, 5.74) is 6.59. The molecule has 1 atom stereocenters. The number of urea groups is 1. The molecule has 0 saturated heterocycles. The number of likely N-dealkylation sites (N-methyl/N-ethyl adjacent to an activating group) is 1. The Morgan fingerprint density at radius 2 is 1.79 bits per heavy atom. The van der Waals surface area contributed by atoms with Crippen LogP contribution in [0.25, 0.3) is 0 Å². The molecule has 0 spiro atoms. The number of imide groups is 1. The zero-order valence-electron chi connectivity index (χ0n) is 13.0. The second-order valence-electron chi connectivity index (χ2n) is 5.29. The first kappa shape index (κ1) is 18.3. The predicted octanol–water partition coefficient (Wildman–Crippen LogP) is 3.36. The molecule has 0 aromatic heterocycles. The van der Waals surface area contributed by atoms with Crippen molar-refractivity contribution in [2.75, 3.05) is 7.05 Å². The summed E-state index contributed by atoms with van der Waals surface area (Å²) in [5.74, 6) is -0.505. The Morgan fingerprint density at radius 1 is 1.12 bits per heavy atom. The number of hydrogen-bond donors (Lipinski definition) is 2. The molecule has 0 radical (unpaired) electrons. The highest BCUT2D eigenvalue weighted by Crippen LogP contribution is 2.29. The van der Waals surface area contributed by atoms with E-state index in [0.29, 0.717) is 16.6 Å². The lowest BCUT2D eigenvalue weighted by Gasteiger charge is -2.27. The topological polar surface area (TPSA) is 75.4 Å². The van der Waals surface area contributed by atoms with Gasteiger partial charge in [-0.25, -0.2) is 4.79 Å². The average molecular weight is 366 g/mol. The maximum Gasteiger partial charge on any atom is 0.318 e. The fourth-order valence-corrected chi connectivity index (χ4v) is 2.84. The van der Waals surface area contributed by atoms with E-state index < -0.39 is 18.0 Å². The first-order chi connectivity index (χ1) is 11.4. The van der Waals surface area contributed by atoms with Crippen LogP contribution >= 0.6 is 23.2 Å². The van der Waals surface area contributed by atoms with Gasteiger partial charge in [0.05, 0.1) is 10.0 Å². The minimum atomic E-state index is -0.893. The molecule has 0 unspecified atom stereocenters. The summed E-state index contributed by atoms with van der Waals surface area (Å²) in [6.45, 7) is 0.366. The van der Waals surface area contributed by atoms with Gasteiger partial charge in [-0.15, -0.1) is 0 Å². The third-order valence-electron chi connectivity index (χ3n) is 3.50. The quantitative estimate of drug-likeness (QED) is 0.852. The third kappa shape index (κ3) is 4.47. The minimum Gasteiger partial charge on any atom is -0.351 e. The molecule has 2 aromatic rings. The molecule has 0 heterocycles. The van der Waals surface area contributed by atoms with E-state index in [1.165, 1.54) is 0 Å². The van der Waals surface area contributed by atoms with E-state index in [2.05, 4.69) is 5.32 Å². The molecule has 0 bridgehead atoms. The van der Waals surface area contributed by atoms with E-state index in [1.807, 2.05) is 24.3 Å². The number of rotatable bonds is 5. The predicted molar refractivity (Wildman–Crippen MR) is 94.8 cm³/mol. The Hall–Kier alpha value is -2.08. The molecule has 2 aromatic carbocycles. The number of nitrogens with zero attached hydrogens (tertiary/aromatic N) is 1. The number of hydrogen-bond acceptors (Lipinski definition) is 3. The van der Waals surface area contributed by atoms with Gasteiger partial charge >= 0.3 is 6.03 Å². The molecule has 0 saturated carbocycles. The van der Waals surface area contributed by atoms with E-state index in [0.717, 1.165) is 11.1 Å². The lowest BCUT2D eigenvalue weighted by atomic mass is 10.0. The van der Waals surface area contributed by atoms with Crippen LogP contribution < -0.4 is 11.1 Å². The van der Waals surface area contributed by atoms with Crippen molar-refractivity contribution in [2.24, 2.45) is 5.73 Å². The molecule has 0 aliphatic heterocycles. The van der Waals surface area contributed by atoms with Crippen LogP contribution in [-0.2, 0) is 11.3 Å². The summed E-state index contributed by atoms with van der Waals surface area (Å²) in [4.78, 5) is 25.3. The molecule has 0 aliphatic rings. The molecule has 0 fully saturated rings. The highest BCUT2D eigenvalue weighted by Gasteiger charge is 2.26. The van der Waals surface area contributed by atoms with Crippen LogP contribution in [0.15, 0.2) is 48.5 Å². The first-order valence-corrected chi connectivity index (χ1v) is 7.94. The van der Waals surface area contributed by atoms with Crippen LogP contribution in [0.2, 0.25) is 10.0 Å². The summed E-state index contributed by atoms with van der Waals surface area (Å²) in [5, 5.41) is 3.02. The van der Waals surface area contributed by atoms with Crippen molar-refractivity contribution >= 4 is 35.1 Å². The van der Waals surface area contributed by atoms with Crippen molar-refractivity contribution in [3.8, 4) is 0 Å². The van der Waals surface area contributed by atoms with Gasteiger partial charge in [-0.3, -0.25) is 15.0 Å². The van der Waals surface area contributed by atoms with Crippen molar-refractivity contribution in [2.45, 2.75) is 12.6 Å². The number of nitrogens with one attached hydrogen (secondary N) is 1. The zero-order valence-corrected chi connectivity index (χ0v) is 14.5. The van der Waals surface area contributed by atoms with Gasteiger partial charge in [-0.05, 0) is 24.2 Å². The number of halogens is 2. The molecule has 126 valence electrons. The molecule has 7 heteroatoms. The third-order valence-corrected chi connectivity index (χ3v) is 4.36. The van der Waals surface area contributed by atoms with Crippen LogP contribution in [0.1, 0.15) is 17.2 Å². The van der Waals surface area contributed by atoms with Crippen molar-refractivity contribution in [1.29, 1.82) is 0 Å². The van der Waals surface area contributed by atoms with E-state index >= 15 is 0 Å². The summed E-state index contributed by atoms with van der Waals surface area (Å²) in [7, 11) is 1.76. The van der Waals surface area contributed by atoms with Gasteiger partial charge in [0.2, 0.25) is 5.91 Å². The van der Waals surface area contributed by atoms with E-state index in [9.17, 15) is 9.59 Å². The minimum absolute atomic E-state index is 0.366. The average Bonchev–Trinajstić information content (AvgIpc) is 2.52. The Balaban J connectivity index is 2.30. The maximum atomic E-state index is 12.4. The standard InChI is InChI=1S/C17H17Cl2N3O2/c1-22(10-12-8-5-9-13(18)14(12)19)15(16(23)21-17(20)24)11-6-3-2-4-7-11/h2-9,15H,10H2,1H3,(H3,20,21,23,24)/t15-/m0/s1. The lowest BCUT2D eigenvalue weighted by molar-refractivity contribution is -0.125. The summed E-state index contributed by atoms with van der Waals surface area (Å²) in [6, 6.07) is 12.8. The second kappa shape index (κ2) is 8.15. The first-order valence-electron chi connectivity index (χ1n) is 7.18. The molecular weight excluding hydrogens is 349 g/mol. The van der Waals surface area contributed by atoms with Gasteiger partial charge in [0.1, 0.15) is 6.04 Å². The Labute approximate surface area is 150 Å². The molecular formula is C17H17Cl2N3O2. The van der Waals surface area contributed by atoms with E-state index in [1.54, 1.807) is 36.2 Å². The van der Waals surface area contributed by atoms with Crippen molar-refractivity contribution in [1.82, 2.24) is 10.2 Å². The molecule has 24 heavy (non-hydrogen) atoms. The molecule has 3 N–H and O–H groups in total. The van der Waals surface area contributed by atoms with Gasteiger partial charge < -0.3 is 5.73 Å². The van der Waals surface area contributed by atoms with E-state index in [4.69, 9.17) is 28.9 Å². The smallest absolute Gasteiger partial charge is 0.318 e. The monoisotopic (exact) mass is 365 g/mol. The van der Waals surface area contributed by atoms with Crippen LogP contribution in [0, 0.1) is 0 Å². The largest absolute Gasteiger partial charge is 0.351 e. The molecule has 3 amide bonds. The Morgan fingerprint density at radius 3 is 2.42 bits per heavy atom. The summed E-state index contributed by atoms with van der Waals surface area (Å²) in [6.07, 6.45) is 0. The molecule has 5 nitrogen and oxygen atoms in total. The van der Waals surface area contributed by atoms with Gasteiger partial charge in [0.25, 0.3) is 0 Å².